The van der Waals surface area contributed by atoms with E-state index < -0.39 is 0 Å². The molecule has 1 amide bonds. The highest BCUT2D eigenvalue weighted by Gasteiger charge is 2.16. The summed E-state index contributed by atoms with van der Waals surface area (Å²) < 4.78 is 5.44. The van der Waals surface area contributed by atoms with Gasteiger partial charge in [0.25, 0.3) is 5.91 Å². The van der Waals surface area contributed by atoms with Crippen LogP contribution in [0.1, 0.15) is 48.2 Å². The summed E-state index contributed by atoms with van der Waals surface area (Å²) in [5, 5.41) is 4.82. The van der Waals surface area contributed by atoms with E-state index in [1.54, 1.807) is 6.07 Å². The van der Waals surface area contributed by atoms with Crippen LogP contribution in [0, 0.1) is 6.92 Å². The van der Waals surface area contributed by atoms with Crippen molar-refractivity contribution in [2.75, 3.05) is 0 Å². The standard InChI is InChI=1S/C26H25N3O2/c1-17-9-14-20(31-17)16-27-29-25(30)22-15-24(28-23-8-6-5-7-21(22)23)18-10-12-19(13-11-18)26(2,3)4/h5-16H,1-4H3,(H,29,30). The average Bonchev–Trinajstić information content (AvgIpc) is 3.17. The summed E-state index contributed by atoms with van der Waals surface area (Å²) in [6, 6.07) is 21.4. The van der Waals surface area contributed by atoms with Gasteiger partial charge < -0.3 is 4.42 Å². The number of para-hydroxylation sites is 1. The van der Waals surface area contributed by atoms with Crippen LogP contribution in [0.5, 0.6) is 0 Å². The fraction of sp³-hybridized carbons (Fsp3) is 0.192. The number of carbonyl (C=O) groups excluding carboxylic acids is 1. The first kappa shape index (κ1) is 20.5. The fourth-order valence-electron chi connectivity index (χ4n) is 3.39. The smallest absolute Gasteiger partial charge is 0.272 e. The first-order valence-electron chi connectivity index (χ1n) is 10.2. The molecular weight excluding hydrogens is 386 g/mol. The summed E-state index contributed by atoms with van der Waals surface area (Å²) in [5.74, 6) is 1.07. The van der Waals surface area contributed by atoms with Crippen LogP contribution in [-0.2, 0) is 5.41 Å². The maximum Gasteiger partial charge on any atom is 0.272 e. The second kappa shape index (κ2) is 8.19. The van der Waals surface area contributed by atoms with Gasteiger partial charge in [-0.15, -0.1) is 0 Å². The molecule has 1 N–H and O–H groups in total. The first-order valence-corrected chi connectivity index (χ1v) is 10.2. The topological polar surface area (TPSA) is 67.5 Å². The van der Waals surface area contributed by atoms with Crippen LogP contribution in [0.25, 0.3) is 22.2 Å². The van der Waals surface area contributed by atoms with Crippen LogP contribution >= 0.6 is 0 Å². The van der Waals surface area contributed by atoms with Crippen LogP contribution in [0.4, 0.5) is 0 Å². The third-order valence-corrected chi connectivity index (χ3v) is 5.13. The number of furan rings is 1. The Bertz CT molecular complexity index is 1260. The second-order valence-corrected chi connectivity index (χ2v) is 8.55. The Kier molecular flexibility index (Phi) is 5.42. The molecule has 0 spiro atoms. The zero-order valence-corrected chi connectivity index (χ0v) is 18.1. The number of amides is 1. The average molecular weight is 412 g/mol. The zero-order chi connectivity index (χ0) is 22.0. The van der Waals surface area contributed by atoms with Crippen molar-refractivity contribution in [3.05, 3.63) is 89.4 Å². The Balaban J connectivity index is 1.68. The lowest BCUT2D eigenvalue weighted by Crippen LogP contribution is -2.18. The van der Waals surface area contributed by atoms with Crippen LogP contribution in [0.2, 0.25) is 0 Å². The van der Waals surface area contributed by atoms with E-state index in [9.17, 15) is 4.79 Å². The molecular formula is C26H25N3O2. The lowest BCUT2D eigenvalue weighted by atomic mass is 9.86. The molecule has 2 aromatic heterocycles. The van der Waals surface area contributed by atoms with E-state index in [2.05, 4.69) is 55.6 Å². The van der Waals surface area contributed by atoms with Crippen molar-refractivity contribution in [1.29, 1.82) is 0 Å². The molecule has 0 saturated carbocycles. The van der Waals surface area contributed by atoms with Crippen molar-refractivity contribution in [2.24, 2.45) is 5.10 Å². The van der Waals surface area contributed by atoms with Crippen LogP contribution in [0.3, 0.4) is 0 Å². The molecule has 156 valence electrons. The number of rotatable bonds is 4. The number of aromatic nitrogens is 1. The predicted octanol–water partition coefficient (Wildman–Crippen LogP) is 5.86. The molecule has 5 heteroatoms. The van der Waals surface area contributed by atoms with Crippen molar-refractivity contribution in [3.63, 3.8) is 0 Å². The van der Waals surface area contributed by atoms with Gasteiger partial charge in [0.1, 0.15) is 11.5 Å². The number of hydrogen-bond donors (Lipinski definition) is 1. The number of fused-ring (bicyclic) bond motifs is 1. The maximum absolute atomic E-state index is 12.9. The summed E-state index contributed by atoms with van der Waals surface area (Å²) in [6.45, 7) is 8.41. The van der Waals surface area contributed by atoms with Gasteiger partial charge in [0, 0.05) is 10.9 Å². The quantitative estimate of drug-likeness (QED) is 0.338. The molecule has 0 bridgehead atoms. The van der Waals surface area contributed by atoms with Crippen molar-refractivity contribution in [3.8, 4) is 11.3 Å². The largest absolute Gasteiger partial charge is 0.460 e. The monoisotopic (exact) mass is 411 g/mol. The Morgan fingerprint density at radius 1 is 1.03 bits per heavy atom. The van der Waals surface area contributed by atoms with Gasteiger partial charge in [-0.3, -0.25) is 4.79 Å². The molecule has 0 unspecified atom stereocenters. The van der Waals surface area contributed by atoms with Gasteiger partial charge in [0.15, 0.2) is 0 Å². The van der Waals surface area contributed by atoms with Crippen molar-refractivity contribution < 1.29 is 9.21 Å². The molecule has 0 aliphatic heterocycles. The maximum atomic E-state index is 12.9. The van der Waals surface area contributed by atoms with Gasteiger partial charge in [-0.1, -0.05) is 63.2 Å². The Labute approximate surface area is 181 Å². The molecule has 4 rings (SSSR count). The van der Waals surface area contributed by atoms with E-state index in [0.29, 0.717) is 11.3 Å². The number of hydrazone groups is 1. The van der Waals surface area contributed by atoms with Crippen molar-refractivity contribution in [2.45, 2.75) is 33.1 Å². The summed E-state index contributed by atoms with van der Waals surface area (Å²) in [4.78, 5) is 17.7. The molecule has 0 radical (unpaired) electrons. The highest BCUT2D eigenvalue weighted by Crippen LogP contribution is 2.28. The van der Waals surface area contributed by atoms with Gasteiger partial charge >= 0.3 is 0 Å². The lowest BCUT2D eigenvalue weighted by molar-refractivity contribution is 0.0956. The Morgan fingerprint density at radius 2 is 1.77 bits per heavy atom. The minimum absolute atomic E-state index is 0.0743. The summed E-state index contributed by atoms with van der Waals surface area (Å²) >= 11 is 0. The minimum Gasteiger partial charge on any atom is -0.460 e. The normalized spacial score (nSPS) is 11.9. The molecule has 31 heavy (non-hydrogen) atoms. The van der Waals surface area contributed by atoms with E-state index >= 15 is 0 Å². The fourth-order valence-corrected chi connectivity index (χ4v) is 3.39. The summed E-state index contributed by atoms with van der Waals surface area (Å²) in [6.07, 6.45) is 1.49. The molecule has 2 aromatic carbocycles. The molecule has 0 aliphatic rings. The van der Waals surface area contributed by atoms with E-state index in [1.165, 1.54) is 11.8 Å². The number of nitrogens with one attached hydrogen (secondary N) is 1. The highest BCUT2D eigenvalue weighted by atomic mass is 16.3. The number of nitrogens with zero attached hydrogens (tertiary/aromatic N) is 2. The lowest BCUT2D eigenvalue weighted by Gasteiger charge is -2.19. The van der Waals surface area contributed by atoms with E-state index in [-0.39, 0.29) is 11.3 Å². The van der Waals surface area contributed by atoms with Crippen LogP contribution in [0.15, 0.2) is 76.2 Å². The van der Waals surface area contributed by atoms with Gasteiger partial charge in [-0.05, 0) is 42.2 Å². The first-order chi connectivity index (χ1) is 14.8. The van der Waals surface area contributed by atoms with Crippen molar-refractivity contribution in [1.82, 2.24) is 10.4 Å². The number of pyridine rings is 1. The number of carbonyl (C=O) groups is 1. The number of benzene rings is 2. The molecule has 0 saturated heterocycles. The zero-order valence-electron chi connectivity index (χ0n) is 18.1. The molecule has 0 fully saturated rings. The molecule has 0 atom stereocenters. The summed E-state index contributed by atoms with van der Waals surface area (Å²) in [7, 11) is 0. The minimum atomic E-state index is -0.300. The third kappa shape index (κ3) is 4.56. The number of aryl methyl sites for hydroxylation is 1. The highest BCUT2D eigenvalue weighted by molar-refractivity contribution is 6.07. The SMILES string of the molecule is Cc1ccc(C=NNC(=O)c2cc(-c3ccc(C(C)(C)C)cc3)nc3ccccc23)o1. The van der Waals surface area contributed by atoms with Gasteiger partial charge in [0.2, 0.25) is 0 Å². The van der Waals surface area contributed by atoms with E-state index in [1.807, 2.05) is 43.3 Å². The van der Waals surface area contributed by atoms with E-state index in [4.69, 9.17) is 9.40 Å². The Morgan fingerprint density at radius 3 is 2.45 bits per heavy atom. The van der Waals surface area contributed by atoms with Crippen LogP contribution in [-0.4, -0.2) is 17.1 Å². The Hall–Kier alpha value is -3.73. The van der Waals surface area contributed by atoms with Gasteiger partial charge in [-0.25, -0.2) is 10.4 Å². The molecule has 4 aromatic rings. The van der Waals surface area contributed by atoms with Crippen LogP contribution < -0.4 is 5.43 Å². The van der Waals surface area contributed by atoms with Gasteiger partial charge in [-0.2, -0.15) is 5.10 Å². The predicted molar refractivity (Wildman–Crippen MR) is 124 cm³/mol. The third-order valence-electron chi connectivity index (χ3n) is 5.13. The van der Waals surface area contributed by atoms with Gasteiger partial charge in [0.05, 0.1) is 23.0 Å². The van der Waals surface area contributed by atoms with Crippen molar-refractivity contribution >= 4 is 23.0 Å². The summed E-state index contributed by atoms with van der Waals surface area (Å²) in [5.41, 5.74) is 6.91. The number of hydrogen-bond acceptors (Lipinski definition) is 4. The second-order valence-electron chi connectivity index (χ2n) is 8.55. The molecule has 5 nitrogen and oxygen atoms in total. The molecule has 0 aliphatic carbocycles. The van der Waals surface area contributed by atoms with E-state index in [0.717, 1.165) is 27.9 Å². The molecule has 2 heterocycles.